The van der Waals surface area contributed by atoms with Crippen molar-refractivity contribution < 1.29 is 23.7 Å². The molecule has 2 aliphatic rings. The first-order valence-electron chi connectivity index (χ1n) is 7.70. The first-order chi connectivity index (χ1) is 12.1. The molecule has 0 spiro atoms. The van der Waals surface area contributed by atoms with Crippen molar-refractivity contribution in [2.24, 2.45) is 5.11 Å². The molecule has 1 aromatic rings. The first-order valence-corrected chi connectivity index (χ1v) is 9.86. The van der Waals surface area contributed by atoms with Crippen molar-refractivity contribution in [2.75, 3.05) is 4.93 Å². The molecule has 0 radical (unpaired) electrons. The van der Waals surface area contributed by atoms with Crippen molar-refractivity contribution in [3.8, 4) is 0 Å². The number of azide groups is 1. The number of esters is 1. The molecule has 2 aliphatic heterocycles. The topological polar surface area (TPSA) is 103 Å². The quantitative estimate of drug-likeness (QED) is 0.171. The van der Waals surface area contributed by atoms with Crippen LogP contribution in [0.3, 0.4) is 0 Å². The molecule has 2 saturated heterocycles. The van der Waals surface area contributed by atoms with Crippen molar-refractivity contribution in [3.63, 3.8) is 0 Å². The lowest BCUT2D eigenvalue weighted by atomic mass is 9.97. The van der Waals surface area contributed by atoms with E-state index in [1.807, 2.05) is 35.3 Å². The molecule has 136 valence electrons. The molecule has 0 saturated carbocycles. The molecule has 0 N–H and O–H groups in total. The lowest BCUT2D eigenvalue weighted by Gasteiger charge is -2.38. The Morgan fingerprint density at radius 1 is 1.24 bits per heavy atom. The van der Waals surface area contributed by atoms with Crippen LogP contribution >= 0.6 is 22.6 Å². The molecule has 25 heavy (non-hydrogen) atoms. The molecular formula is C16H20IN3O5. The van der Waals surface area contributed by atoms with Crippen LogP contribution in [0, 0.1) is 0 Å². The Bertz CT molecular complexity index is 625. The van der Waals surface area contributed by atoms with Gasteiger partial charge in [0.25, 0.3) is 0 Å². The van der Waals surface area contributed by atoms with Crippen LogP contribution in [0.1, 0.15) is 25.7 Å². The third kappa shape index (κ3) is 4.62. The van der Waals surface area contributed by atoms with Crippen LogP contribution < -0.4 is 0 Å². The molecule has 8 nitrogen and oxygen atoms in total. The van der Waals surface area contributed by atoms with Crippen LogP contribution in [0.15, 0.2) is 35.4 Å². The highest BCUT2D eigenvalue weighted by molar-refractivity contribution is 14.1. The zero-order chi connectivity index (χ0) is 18.4. The first kappa shape index (κ1) is 19.9. The number of ether oxygens (including phenoxy) is 4. The number of hydrogen-bond donors (Lipinski definition) is 0. The van der Waals surface area contributed by atoms with E-state index in [-0.39, 0.29) is 0 Å². The standard InChI is InChI=1S/C15H17N3O5.CH3I/c1-8-11(17-18-16)12(21-9(2)19)13-15(20-8)23-14(22-13)10-6-4-3-5-7-10;1-2/h3-8,11-15H,1-2H3;1H3. The summed E-state index contributed by atoms with van der Waals surface area (Å²) in [5.41, 5.74) is 9.58. The van der Waals surface area contributed by atoms with E-state index in [0.29, 0.717) is 0 Å². The van der Waals surface area contributed by atoms with E-state index >= 15 is 0 Å². The summed E-state index contributed by atoms with van der Waals surface area (Å²) in [5, 5.41) is 3.70. The summed E-state index contributed by atoms with van der Waals surface area (Å²) >= 11 is 2.15. The molecule has 6 unspecified atom stereocenters. The summed E-state index contributed by atoms with van der Waals surface area (Å²) in [4.78, 5) is 16.2. The Morgan fingerprint density at radius 3 is 2.52 bits per heavy atom. The third-order valence-corrected chi connectivity index (χ3v) is 3.86. The lowest BCUT2D eigenvalue weighted by Crippen LogP contribution is -2.56. The molecule has 2 fully saturated rings. The number of hydrogen-bond acceptors (Lipinski definition) is 6. The van der Waals surface area contributed by atoms with Crippen molar-refractivity contribution in [1.29, 1.82) is 0 Å². The van der Waals surface area contributed by atoms with Crippen LogP contribution in [-0.2, 0) is 23.7 Å². The Balaban J connectivity index is 0.00000109. The summed E-state index contributed by atoms with van der Waals surface area (Å²) in [5.74, 6) is -0.479. The van der Waals surface area contributed by atoms with Crippen molar-refractivity contribution in [1.82, 2.24) is 0 Å². The summed E-state index contributed by atoms with van der Waals surface area (Å²) in [6.45, 7) is 3.04. The summed E-state index contributed by atoms with van der Waals surface area (Å²) in [6.07, 6.45) is -3.19. The molecule has 6 atom stereocenters. The number of rotatable bonds is 3. The maximum atomic E-state index is 11.4. The molecule has 2 heterocycles. The molecule has 0 aromatic heterocycles. The Hall–Kier alpha value is -1.39. The molecule has 3 rings (SSSR count). The Labute approximate surface area is 159 Å². The predicted octanol–water partition coefficient (Wildman–Crippen LogP) is 3.51. The maximum Gasteiger partial charge on any atom is 0.303 e. The van der Waals surface area contributed by atoms with E-state index in [2.05, 4.69) is 32.6 Å². The van der Waals surface area contributed by atoms with Gasteiger partial charge in [0.05, 0.1) is 6.10 Å². The van der Waals surface area contributed by atoms with Gasteiger partial charge in [-0.2, -0.15) is 0 Å². The number of nitrogens with zero attached hydrogens (tertiary/aromatic N) is 3. The van der Waals surface area contributed by atoms with Crippen molar-refractivity contribution in [2.45, 2.75) is 50.8 Å². The van der Waals surface area contributed by atoms with Gasteiger partial charge in [0.2, 0.25) is 0 Å². The van der Waals surface area contributed by atoms with Crippen LogP contribution in [0.4, 0.5) is 0 Å². The van der Waals surface area contributed by atoms with Crippen molar-refractivity contribution >= 4 is 28.6 Å². The minimum Gasteiger partial charge on any atom is -0.459 e. The molecule has 1 aromatic carbocycles. The highest BCUT2D eigenvalue weighted by atomic mass is 127. The van der Waals surface area contributed by atoms with E-state index in [0.717, 1.165) is 5.56 Å². The average Bonchev–Trinajstić information content (AvgIpc) is 3.04. The zero-order valence-electron chi connectivity index (χ0n) is 14.1. The number of carbonyl (C=O) groups excluding carboxylic acids is 1. The predicted molar refractivity (Wildman–Crippen MR) is 97.9 cm³/mol. The van der Waals surface area contributed by atoms with Crippen LogP contribution in [0.25, 0.3) is 10.4 Å². The molecular weight excluding hydrogens is 441 g/mol. The average molecular weight is 461 g/mol. The third-order valence-electron chi connectivity index (χ3n) is 3.86. The van der Waals surface area contributed by atoms with E-state index in [1.165, 1.54) is 6.92 Å². The highest BCUT2D eigenvalue weighted by Crippen LogP contribution is 2.39. The fourth-order valence-electron chi connectivity index (χ4n) is 2.85. The van der Waals surface area contributed by atoms with E-state index < -0.39 is 42.9 Å². The van der Waals surface area contributed by atoms with Crippen LogP contribution in [0.2, 0.25) is 0 Å². The van der Waals surface area contributed by atoms with Crippen LogP contribution in [-0.4, -0.2) is 41.5 Å². The van der Waals surface area contributed by atoms with E-state index in [9.17, 15) is 4.79 Å². The second-order valence-corrected chi connectivity index (χ2v) is 5.46. The van der Waals surface area contributed by atoms with Gasteiger partial charge in [-0.05, 0) is 17.4 Å². The fraction of sp³-hybridized carbons (Fsp3) is 0.562. The van der Waals surface area contributed by atoms with Crippen molar-refractivity contribution in [3.05, 3.63) is 46.3 Å². The van der Waals surface area contributed by atoms with Gasteiger partial charge < -0.3 is 18.9 Å². The number of halogens is 1. The highest BCUT2D eigenvalue weighted by Gasteiger charge is 2.52. The molecule has 0 amide bonds. The van der Waals surface area contributed by atoms with Gasteiger partial charge >= 0.3 is 5.97 Å². The fourth-order valence-corrected chi connectivity index (χ4v) is 2.85. The summed E-state index contributed by atoms with van der Waals surface area (Å²) in [6, 6.07) is 8.71. The Kier molecular flexibility index (Phi) is 7.45. The minimum atomic E-state index is -0.758. The number of benzene rings is 1. The van der Waals surface area contributed by atoms with Gasteiger partial charge in [-0.1, -0.05) is 58.0 Å². The van der Waals surface area contributed by atoms with Gasteiger partial charge in [-0.15, -0.1) is 0 Å². The smallest absolute Gasteiger partial charge is 0.303 e. The molecule has 0 bridgehead atoms. The summed E-state index contributed by atoms with van der Waals surface area (Å²) < 4.78 is 22.7. The molecule has 0 aliphatic carbocycles. The Morgan fingerprint density at radius 2 is 1.92 bits per heavy atom. The lowest BCUT2D eigenvalue weighted by molar-refractivity contribution is -0.217. The van der Waals surface area contributed by atoms with Gasteiger partial charge in [0.1, 0.15) is 18.2 Å². The second kappa shape index (κ2) is 9.35. The zero-order valence-corrected chi connectivity index (χ0v) is 16.3. The normalized spacial score (nSPS) is 33.3. The maximum absolute atomic E-state index is 11.4. The van der Waals surface area contributed by atoms with Gasteiger partial charge in [0, 0.05) is 17.4 Å². The van der Waals surface area contributed by atoms with Gasteiger partial charge in [-0.3, -0.25) is 4.79 Å². The minimum absolute atomic E-state index is 0.463. The number of alkyl halides is 1. The van der Waals surface area contributed by atoms with Gasteiger partial charge in [0.15, 0.2) is 12.6 Å². The van der Waals surface area contributed by atoms with E-state index in [4.69, 9.17) is 24.5 Å². The molecule has 9 heteroatoms. The largest absolute Gasteiger partial charge is 0.459 e. The van der Waals surface area contributed by atoms with Gasteiger partial charge in [-0.25, -0.2) is 0 Å². The number of carbonyl (C=O) groups is 1. The number of fused-ring (bicyclic) bond motifs is 1. The monoisotopic (exact) mass is 461 g/mol. The SMILES string of the molecule is CC(=O)OC1C(N=[N+]=[N-])C(C)OC2OC(c3ccccc3)OC21.CI. The second-order valence-electron chi connectivity index (χ2n) is 5.46. The van der Waals surface area contributed by atoms with Crippen LogP contribution in [0.5, 0.6) is 0 Å². The summed E-state index contributed by atoms with van der Waals surface area (Å²) in [7, 11) is 0. The van der Waals surface area contributed by atoms with E-state index in [1.54, 1.807) is 6.92 Å².